The lowest BCUT2D eigenvalue weighted by Crippen LogP contribution is -2.21. The van der Waals surface area contributed by atoms with Crippen molar-refractivity contribution in [2.45, 2.75) is 13.6 Å². The first-order valence-corrected chi connectivity index (χ1v) is 9.03. The minimum Gasteiger partial charge on any atom is -0.293 e. The SMILES string of the molecule is Cc1c(-c2ccnn2-c2ccc(C#N)cc2)n(C)c(=O)n1-c1cccc(CF)c1. The quantitative estimate of drug-likeness (QED) is 0.536. The molecule has 144 valence electrons. The van der Waals surface area contributed by atoms with Crippen LogP contribution in [0.25, 0.3) is 22.8 Å². The number of nitriles is 1. The summed E-state index contributed by atoms with van der Waals surface area (Å²) in [6.45, 7) is 1.27. The second-order valence-corrected chi connectivity index (χ2v) is 6.70. The molecule has 2 aromatic heterocycles. The van der Waals surface area contributed by atoms with Crippen LogP contribution >= 0.6 is 0 Å². The van der Waals surface area contributed by atoms with Crippen molar-refractivity contribution in [1.29, 1.82) is 5.26 Å². The van der Waals surface area contributed by atoms with Gasteiger partial charge in [0.15, 0.2) is 0 Å². The number of benzene rings is 2. The van der Waals surface area contributed by atoms with Gasteiger partial charge in [0.2, 0.25) is 0 Å². The van der Waals surface area contributed by atoms with Crippen molar-refractivity contribution >= 4 is 0 Å². The van der Waals surface area contributed by atoms with E-state index in [1.165, 1.54) is 0 Å². The third kappa shape index (κ3) is 3.05. The Labute approximate surface area is 166 Å². The highest BCUT2D eigenvalue weighted by atomic mass is 19.1. The first-order chi connectivity index (χ1) is 14.0. The van der Waals surface area contributed by atoms with Crippen LogP contribution in [0.1, 0.15) is 16.8 Å². The Kier molecular flexibility index (Phi) is 4.61. The largest absolute Gasteiger partial charge is 0.333 e. The van der Waals surface area contributed by atoms with Gasteiger partial charge in [0.1, 0.15) is 6.67 Å². The van der Waals surface area contributed by atoms with Crippen LogP contribution < -0.4 is 5.69 Å². The van der Waals surface area contributed by atoms with E-state index in [0.29, 0.717) is 22.5 Å². The van der Waals surface area contributed by atoms with Crippen molar-refractivity contribution in [3.05, 3.63) is 88.1 Å². The zero-order valence-electron chi connectivity index (χ0n) is 16.0. The summed E-state index contributed by atoms with van der Waals surface area (Å²) in [6, 6.07) is 17.9. The van der Waals surface area contributed by atoms with Gasteiger partial charge in [-0.3, -0.25) is 9.13 Å². The normalized spacial score (nSPS) is 10.8. The van der Waals surface area contributed by atoms with E-state index in [1.807, 2.05) is 25.1 Å². The number of rotatable bonds is 4. The highest BCUT2D eigenvalue weighted by molar-refractivity contribution is 5.62. The van der Waals surface area contributed by atoms with E-state index in [-0.39, 0.29) is 5.69 Å². The fourth-order valence-corrected chi connectivity index (χ4v) is 3.54. The van der Waals surface area contributed by atoms with Gasteiger partial charge in [0.05, 0.1) is 46.3 Å². The highest BCUT2D eigenvalue weighted by Crippen LogP contribution is 2.26. The number of nitrogens with zero attached hydrogens (tertiary/aromatic N) is 5. The summed E-state index contributed by atoms with van der Waals surface area (Å²) >= 11 is 0. The molecule has 4 rings (SSSR count). The fourth-order valence-electron chi connectivity index (χ4n) is 3.54. The number of aromatic nitrogens is 4. The lowest BCUT2D eigenvalue weighted by molar-refractivity contribution is 0.485. The molecule has 0 bridgehead atoms. The molecule has 0 amide bonds. The Bertz CT molecular complexity index is 1290. The van der Waals surface area contributed by atoms with Gasteiger partial charge in [-0.2, -0.15) is 10.4 Å². The molecule has 0 unspecified atom stereocenters. The fraction of sp³-hybridized carbons (Fsp3) is 0.136. The van der Waals surface area contributed by atoms with Crippen molar-refractivity contribution in [2.24, 2.45) is 7.05 Å². The maximum atomic E-state index is 13.1. The Morgan fingerprint density at radius 2 is 1.86 bits per heavy atom. The summed E-state index contributed by atoms with van der Waals surface area (Å²) in [5.41, 5.74) is 4.43. The van der Waals surface area contributed by atoms with Gasteiger partial charge in [-0.1, -0.05) is 12.1 Å². The van der Waals surface area contributed by atoms with E-state index in [2.05, 4.69) is 11.2 Å². The smallest absolute Gasteiger partial charge is 0.293 e. The predicted octanol–water partition coefficient (Wildman–Crippen LogP) is 3.68. The van der Waals surface area contributed by atoms with Crippen LogP contribution in [0, 0.1) is 18.3 Å². The average molecular weight is 387 g/mol. The molecule has 4 aromatic rings. The molecule has 0 N–H and O–H groups in total. The third-order valence-electron chi connectivity index (χ3n) is 4.94. The summed E-state index contributed by atoms with van der Waals surface area (Å²) in [5.74, 6) is 0. The van der Waals surface area contributed by atoms with Gasteiger partial charge in [-0.15, -0.1) is 0 Å². The van der Waals surface area contributed by atoms with Crippen LogP contribution in [-0.4, -0.2) is 18.9 Å². The van der Waals surface area contributed by atoms with Crippen LogP contribution in [0.15, 0.2) is 65.6 Å². The van der Waals surface area contributed by atoms with E-state index < -0.39 is 6.67 Å². The van der Waals surface area contributed by atoms with Gasteiger partial charge < -0.3 is 0 Å². The second-order valence-electron chi connectivity index (χ2n) is 6.70. The van der Waals surface area contributed by atoms with E-state index in [9.17, 15) is 9.18 Å². The van der Waals surface area contributed by atoms with Crippen LogP contribution in [0.2, 0.25) is 0 Å². The highest BCUT2D eigenvalue weighted by Gasteiger charge is 2.20. The van der Waals surface area contributed by atoms with Crippen LogP contribution in [-0.2, 0) is 13.7 Å². The molecule has 0 aliphatic rings. The summed E-state index contributed by atoms with van der Waals surface area (Å²) in [7, 11) is 1.70. The van der Waals surface area contributed by atoms with Gasteiger partial charge in [0, 0.05) is 7.05 Å². The second kappa shape index (κ2) is 7.24. The van der Waals surface area contributed by atoms with Crippen molar-refractivity contribution in [3.8, 4) is 28.8 Å². The topological polar surface area (TPSA) is 68.5 Å². The molecule has 0 atom stereocenters. The van der Waals surface area contributed by atoms with Crippen molar-refractivity contribution in [2.75, 3.05) is 0 Å². The van der Waals surface area contributed by atoms with Crippen molar-refractivity contribution in [3.63, 3.8) is 0 Å². The van der Waals surface area contributed by atoms with Crippen LogP contribution in [0.3, 0.4) is 0 Å². The Balaban J connectivity index is 1.89. The molecule has 0 fully saturated rings. The molecule has 0 aliphatic heterocycles. The Morgan fingerprint density at radius 3 is 2.55 bits per heavy atom. The Hall–Kier alpha value is -3.92. The van der Waals surface area contributed by atoms with Crippen LogP contribution in [0.4, 0.5) is 4.39 Å². The van der Waals surface area contributed by atoms with Gasteiger partial charge in [-0.25, -0.2) is 13.9 Å². The van der Waals surface area contributed by atoms with Crippen LogP contribution in [0.5, 0.6) is 0 Å². The number of alkyl halides is 1. The van der Waals surface area contributed by atoms with E-state index in [0.717, 1.165) is 17.1 Å². The predicted molar refractivity (Wildman–Crippen MR) is 108 cm³/mol. The first kappa shape index (κ1) is 18.4. The summed E-state index contributed by atoms with van der Waals surface area (Å²) in [5, 5.41) is 13.4. The van der Waals surface area contributed by atoms with E-state index in [1.54, 1.807) is 63.5 Å². The van der Waals surface area contributed by atoms with Crippen molar-refractivity contribution < 1.29 is 4.39 Å². The molecular formula is C22H18FN5O. The molecule has 0 saturated heterocycles. The minimum atomic E-state index is -0.590. The summed E-state index contributed by atoms with van der Waals surface area (Å²) < 4.78 is 18.0. The maximum absolute atomic E-state index is 13.1. The Morgan fingerprint density at radius 1 is 1.10 bits per heavy atom. The molecule has 0 spiro atoms. The van der Waals surface area contributed by atoms with Gasteiger partial charge in [-0.05, 0) is 55.0 Å². The molecule has 0 aliphatic carbocycles. The zero-order valence-corrected chi connectivity index (χ0v) is 16.0. The standard InChI is InChI=1S/C22H18FN5O/c1-15-21(20-10-11-25-28(20)18-8-6-16(14-24)7-9-18)26(2)22(29)27(15)19-5-3-4-17(12-19)13-23/h3-12H,13H2,1-2H3. The van der Waals surface area contributed by atoms with E-state index >= 15 is 0 Å². The van der Waals surface area contributed by atoms with E-state index in [4.69, 9.17) is 5.26 Å². The zero-order chi connectivity index (χ0) is 20.5. The first-order valence-electron chi connectivity index (χ1n) is 9.03. The monoisotopic (exact) mass is 387 g/mol. The number of imidazole rings is 1. The lowest BCUT2D eigenvalue weighted by Gasteiger charge is -2.10. The number of hydrogen-bond donors (Lipinski definition) is 0. The third-order valence-corrected chi connectivity index (χ3v) is 4.94. The molecule has 7 heteroatoms. The summed E-state index contributed by atoms with van der Waals surface area (Å²) in [4.78, 5) is 13.0. The average Bonchev–Trinajstić information content (AvgIpc) is 3.31. The molecular weight excluding hydrogens is 369 g/mol. The van der Waals surface area contributed by atoms with Crippen molar-refractivity contribution in [1.82, 2.24) is 18.9 Å². The molecule has 2 aromatic carbocycles. The van der Waals surface area contributed by atoms with Gasteiger partial charge >= 0.3 is 5.69 Å². The maximum Gasteiger partial charge on any atom is 0.333 e. The molecule has 6 nitrogen and oxygen atoms in total. The molecule has 2 heterocycles. The molecule has 0 radical (unpaired) electrons. The molecule has 29 heavy (non-hydrogen) atoms. The molecule has 0 saturated carbocycles. The summed E-state index contributed by atoms with van der Waals surface area (Å²) in [6.07, 6.45) is 1.67. The lowest BCUT2D eigenvalue weighted by atomic mass is 10.2. The number of halogens is 1. The van der Waals surface area contributed by atoms with Gasteiger partial charge in [0.25, 0.3) is 0 Å². The minimum absolute atomic E-state index is 0.221. The number of hydrogen-bond acceptors (Lipinski definition) is 3.